The highest BCUT2D eigenvalue weighted by atomic mass is 16.4. The third-order valence-electron chi connectivity index (χ3n) is 2.94. The molecule has 86 valence electrons. The summed E-state index contributed by atoms with van der Waals surface area (Å²) >= 11 is 0. The molecule has 0 aromatic carbocycles. The summed E-state index contributed by atoms with van der Waals surface area (Å²) in [4.78, 5) is 16.2. The number of rotatable bonds is 1. The highest BCUT2D eigenvalue weighted by molar-refractivity contribution is 5.65. The van der Waals surface area contributed by atoms with Gasteiger partial charge in [0.15, 0.2) is 0 Å². The van der Waals surface area contributed by atoms with Crippen LogP contribution in [0.2, 0.25) is 0 Å². The lowest BCUT2D eigenvalue weighted by atomic mass is 9.93. The maximum Gasteiger partial charge on any atom is 0.407 e. The average molecular weight is 222 g/mol. The first kappa shape index (κ1) is 10.7. The maximum absolute atomic E-state index is 10.7. The zero-order chi connectivity index (χ0) is 11.5. The number of carboxylic acid groups (broad SMARTS) is 1. The quantitative estimate of drug-likeness (QED) is 0.757. The Hall–Kier alpha value is -1.78. The van der Waals surface area contributed by atoms with Gasteiger partial charge in [0.25, 0.3) is 0 Å². The SMILES string of the molecule is O=C(O)N1CCC(c2cccc(O)n2)CC1. The van der Waals surface area contributed by atoms with Gasteiger partial charge in [0, 0.05) is 30.8 Å². The number of hydrogen-bond donors (Lipinski definition) is 2. The highest BCUT2D eigenvalue weighted by Gasteiger charge is 2.24. The number of carbonyl (C=O) groups is 1. The molecule has 0 bridgehead atoms. The van der Waals surface area contributed by atoms with Gasteiger partial charge in [-0.05, 0) is 18.9 Å². The van der Waals surface area contributed by atoms with Crippen LogP contribution >= 0.6 is 0 Å². The van der Waals surface area contributed by atoms with Gasteiger partial charge in [-0.15, -0.1) is 0 Å². The minimum absolute atomic E-state index is 0.0261. The molecule has 16 heavy (non-hydrogen) atoms. The lowest BCUT2D eigenvalue weighted by Crippen LogP contribution is -2.36. The largest absolute Gasteiger partial charge is 0.493 e. The second-order valence-corrected chi connectivity index (χ2v) is 3.96. The van der Waals surface area contributed by atoms with Crippen molar-refractivity contribution in [2.45, 2.75) is 18.8 Å². The molecule has 0 radical (unpaired) electrons. The predicted molar refractivity (Wildman–Crippen MR) is 57.5 cm³/mol. The van der Waals surface area contributed by atoms with Crippen molar-refractivity contribution < 1.29 is 15.0 Å². The van der Waals surface area contributed by atoms with E-state index in [0.717, 1.165) is 18.5 Å². The normalized spacial score (nSPS) is 17.4. The van der Waals surface area contributed by atoms with Crippen LogP contribution in [0.3, 0.4) is 0 Å². The number of piperidine rings is 1. The number of pyridine rings is 1. The number of aromatic nitrogens is 1. The van der Waals surface area contributed by atoms with E-state index < -0.39 is 6.09 Å². The van der Waals surface area contributed by atoms with Crippen LogP contribution in [-0.4, -0.2) is 39.3 Å². The summed E-state index contributed by atoms with van der Waals surface area (Å²) in [6, 6.07) is 5.18. The number of amides is 1. The van der Waals surface area contributed by atoms with Crippen molar-refractivity contribution >= 4 is 6.09 Å². The van der Waals surface area contributed by atoms with E-state index >= 15 is 0 Å². The monoisotopic (exact) mass is 222 g/mol. The molecule has 0 unspecified atom stereocenters. The van der Waals surface area contributed by atoms with Crippen molar-refractivity contribution in [2.75, 3.05) is 13.1 Å². The van der Waals surface area contributed by atoms with Gasteiger partial charge < -0.3 is 15.1 Å². The van der Waals surface area contributed by atoms with Gasteiger partial charge in [-0.2, -0.15) is 0 Å². The Bertz CT molecular complexity index is 387. The fourth-order valence-corrected chi connectivity index (χ4v) is 2.03. The van der Waals surface area contributed by atoms with E-state index in [1.165, 1.54) is 11.0 Å². The van der Waals surface area contributed by atoms with Crippen molar-refractivity contribution in [3.05, 3.63) is 23.9 Å². The number of hydrogen-bond acceptors (Lipinski definition) is 3. The topological polar surface area (TPSA) is 73.7 Å². The summed E-state index contributed by atoms with van der Waals surface area (Å²) in [6.07, 6.45) is 0.674. The summed E-state index contributed by atoms with van der Waals surface area (Å²) < 4.78 is 0. The van der Waals surface area contributed by atoms with Gasteiger partial charge in [0.05, 0.1) is 0 Å². The smallest absolute Gasteiger partial charge is 0.407 e. The third kappa shape index (κ3) is 2.24. The van der Waals surface area contributed by atoms with Crippen LogP contribution in [0.15, 0.2) is 18.2 Å². The molecular weight excluding hydrogens is 208 g/mol. The van der Waals surface area contributed by atoms with Crippen molar-refractivity contribution in [3.8, 4) is 5.88 Å². The van der Waals surface area contributed by atoms with Crippen molar-refractivity contribution in [1.29, 1.82) is 0 Å². The van der Waals surface area contributed by atoms with Crippen LogP contribution in [0.4, 0.5) is 4.79 Å². The second kappa shape index (κ2) is 4.38. The van der Waals surface area contributed by atoms with Gasteiger partial charge in [-0.1, -0.05) is 6.07 Å². The van der Waals surface area contributed by atoms with Crippen LogP contribution < -0.4 is 0 Å². The molecule has 1 saturated heterocycles. The van der Waals surface area contributed by atoms with Crippen LogP contribution in [-0.2, 0) is 0 Å². The minimum Gasteiger partial charge on any atom is -0.493 e. The Balaban J connectivity index is 2.01. The molecule has 0 spiro atoms. The van der Waals surface area contributed by atoms with E-state index in [0.29, 0.717) is 13.1 Å². The van der Waals surface area contributed by atoms with Crippen molar-refractivity contribution in [3.63, 3.8) is 0 Å². The first-order valence-electron chi connectivity index (χ1n) is 5.30. The van der Waals surface area contributed by atoms with Gasteiger partial charge in [0.2, 0.25) is 5.88 Å². The fraction of sp³-hybridized carbons (Fsp3) is 0.455. The number of nitrogens with zero attached hydrogens (tertiary/aromatic N) is 2. The zero-order valence-corrected chi connectivity index (χ0v) is 8.83. The van der Waals surface area contributed by atoms with Gasteiger partial charge in [-0.3, -0.25) is 0 Å². The molecule has 1 aliphatic heterocycles. The minimum atomic E-state index is -0.859. The van der Waals surface area contributed by atoms with E-state index in [9.17, 15) is 9.90 Å². The second-order valence-electron chi connectivity index (χ2n) is 3.96. The average Bonchev–Trinajstić information content (AvgIpc) is 2.29. The van der Waals surface area contributed by atoms with Gasteiger partial charge in [0.1, 0.15) is 0 Å². The summed E-state index contributed by atoms with van der Waals surface area (Å²) in [5.74, 6) is 0.279. The fourth-order valence-electron chi connectivity index (χ4n) is 2.03. The summed E-state index contributed by atoms with van der Waals surface area (Å²) in [7, 11) is 0. The zero-order valence-electron chi connectivity index (χ0n) is 8.83. The first-order valence-corrected chi connectivity index (χ1v) is 5.30. The van der Waals surface area contributed by atoms with E-state index in [-0.39, 0.29) is 11.8 Å². The number of aromatic hydroxyl groups is 1. The van der Waals surface area contributed by atoms with Gasteiger partial charge in [-0.25, -0.2) is 9.78 Å². The molecule has 1 aliphatic rings. The maximum atomic E-state index is 10.7. The number of likely N-dealkylation sites (tertiary alicyclic amines) is 1. The van der Waals surface area contributed by atoms with E-state index in [1.807, 2.05) is 6.07 Å². The van der Waals surface area contributed by atoms with Crippen LogP contribution in [0.25, 0.3) is 0 Å². The predicted octanol–water partition coefficient (Wildman–Crippen LogP) is 1.64. The molecule has 2 rings (SSSR count). The molecule has 1 amide bonds. The molecule has 5 heteroatoms. The lowest BCUT2D eigenvalue weighted by Gasteiger charge is -2.29. The van der Waals surface area contributed by atoms with E-state index in [2.05, 4.69) is 4.98 Å². The summed E-state index contributed by atoms with van der Waals surface area (Å²) in [5.41, 5.74) is 0.852. The third-order valence-corrected chi connectivity index (χ3v) is 2.94. The Labute approximate surface area is 93.3 Å². The summed E-state index contributed by atoms with van der Waals surface area (Å²) in [6.45, 7) is 1.08. The van der Waals surface area contributed by atoms with Crippen LogP contribution in [0.1, 0.15) is 24.5 Å². The molecule has 2 heterocycles. The Morgan fingerprint density at radius 3 is 2.62 bits per heavy atom. The first-order chi connectivity index (χ1) is 7.66. The molecule has 5 nitrogen and oxygen atoms in total. The highest BCUT2D eigenvalue weighted by Crippen LogP contribution is 2.27. The van der Waals surface area contributed by atoms with Crippen LogP contribution in [0, 0.1) is 0 Å². The molecule has 0 atom stereocenters. The van der Waals surface area contributed by atoms with Gasteiger partial charge >= 0.3 is 6.09 Å². The molecule has 0 aliphatic carbocycles. The molecule has 1 fully saturated rings. The molecule has 0 saturated carbocycles. The van der Waals surface area contributed by atoms with Crippen molar-refractivity contribution in [1.82, 2.24) is 9.88 Å². The Morgan fingerprint density at radius 1 is 1.38 bits per heavy atom. The standard InChI is InChI=1S/C11H14N2O3/c14-10-3-1-2-9(12-10)8-4-6-13(7-5-8)11(15)16/h1-3,8H,4-7H2,(H,12,14)(H,15,16). The van der Waals surface area contributed by atoms with E-state index in [1.54, 1.807) is 6.07 Å². The molecule has 1 aromatic heterocycles. The van der Waals surface area contributed by atoms with Crippen molar-refractivity contribution in [2.24, 2.45) is 0 Å². The van der Waals surface area contributed by atoms with Crippen LogP contribution in [0.5, 0.6) is 5.88 Å². The van der Waals surface area contributed by atoms with E-state index in [4.69, 9.17) is 5.11 Å². The Morgan fingerprint density at radius 2 is 2.06 bits per heavy atom. The Kier molecular flexibility index (Phi) is 2.94. The lowest BCUT2D eigenvalue weighted by molar-refractivity contribution is 0.131. The molecule has 2 N–H and O–H groups in total. The molecular formula is C11H14N2O3. The summed E-state index contributed by atoms with van der Waals surface area (Å²) in [5, 5.41) is 18.1. The molecule has 1 aromatic rings.